The third-order valence-corrected chi connectivity index (χ3v) is 6.45. The van der Waals surface area contributed by atoms with E-state index in [0.717, 1.165) is 30.5 Å². The van der Waals surface area contributed by atoms with Crippen molar-refractivity contribution in [1.82, 2.24) is 10.2 Å². The highest BCUT2D eigenvalue weighted by Gasteiger charge is 2.52. The molecule has 6 heteroatoms. The van der Waals surface area contributed by atoms with Crippen LogP contribution < -0.4 is 5.32 Å². The Labute approximate surface area is 183 Å². The maximum atomic E-state index is 14.0. The minimum absolute atomic E-state index is 0.124. The zero-order valence-corrected chi connectivity index (χ0v) is 18.0. The highest BCUT2D eigenvalue weighted by molar-refractivity contribution is 5.85. The van der Waals surface area contributed by atoms with Gasteiger partial charge >= 0.3 is 5.97 Å². The van der Waals surface area contributed by atoms with Gasteiger partial charge in [-0.15, -0.1) is 0 Å². The number of nitrogens with one attached hydrogen (secondary N) is 1. The third-order valence-electron chi connectivity index (χ3n) is 6.45. The van der Waals surface area contributed by atoms with Crippen LogP contribution in [0.4, 0.5) is 0 Å². The molecule has 1 N–H and O–H groups in total. The van der Waals surface area contributed by atoms with Gasteiger partial charge in [0.15, 0.2) is 0 Å². The van der Waals surface area contributed by atoms with Crippen LogP contribution in [0.1, 0.15) is 36.4 Å². The molecule has 0 radical (unpaired) electrons. The number of methoxy groups -OCH3 is 1. The summed E-state index contributed by atoms with van der Waals surface area (Å²) in [5, 5.41) is 3.42. The lowest BCUT2D eigenvalue weighted by Crippen LogP contribution is -2.60. The maximum absolute atomic E-state index is 14.0. The number of ether oxygens (including phenoxy) is 2. The first-order chi connectivity index (χ1) is 15.1. The van der Waals surface area contributed by atoms with Crippen LogP contribution >= 0.6 is 0 Å². The number of likely N-dealkylation sites (tertiary alicyclic amines) is 1. The monoisotopic (exact) mass is 422 g/mol. The Kier molecular flexibility index (Phi) is 6.68. The molecule has 2 aliphatic rings. The standard InChI is InChI=1S/C25H30N2O4/c1-30-22(28)17-31-21-15-25(13-8-14-26-18-25)24(29)27(16-19-9-4-2-5-10-19)23(21)20-11-6-3-7-12-20/h2-7,9-12,21,23,26H,8,13-18H2,1H3/t21-,23+,25-/m1/s1. The quantitative estimate of drug-likeness (QED) is 0.725. The second kappa shape index (κ2) is 9.62. The number of benzene rings is 2. The Bertz CT molecular complexity index is 881. The Balaban J connectivity index is 1.73. The van der Waals surface area contributed by atoms with Gasteiger partial charge in [0, 0.05) is 13.1 Å². The molecule has 2 heterocycles. The second-order valence-corrected chi connectivity index (χ2v) is 8.46. The van der Waals surface area contributed by atoms with E-state index in [1.165, 1.54) is 7.11 Å². The van der Waals surface area contributed by atoms with Crippen LogP contribution in [-0.4, -0.2) is 49.7 Å². The summed E-state index contributed by atoms with van der Waals surface area (Å²) in [5.74, 6) is -0.246. The zero-order chi connectivity index (χ0) is 21.7. The number of esters is 1. The summed E-state index contributed by atoms with van der Waals surface area (Å²) in [6.07, 6.45) is 2.05. The van der Waals surface area contributed by atoms with E-state index in [0.29, 0.717) is 19.5 Å². The van der Waals surface area contributed by atoms with Crippen LogP contribution in [0.2, 0.25) is 0 Å². The molecule has 164 valence electrons. The molecule has 0 unspecified atom stereocenters. The fourth-order valence-corrected chi connectivity index (χ4v) is 4.92. The summed E-state index contributed by atoms with van der Waals surface area (Å²) in [7, 11) is 1.36. The van der Waals surface area contributed by atoms with Gasteiger partial charge < -0.3 is 19.7 Å². The number of rotatable bonds is 6. The van der Waals surface area contributed by atoms with Gasteiger partial charge in [-0.05, 0) is 36.9 Å². The predicted octanol–water partition coefficient (Wildman–Crippen LogP) is 3.09. The molecule has 1 spiro atoms. The average Bonchev–Trinajstić information content (AvgIpc) is 2.82. The summed E-state index contributed by atoms with van der Waals surface area (Å²) in [6, 6.07) is 19.7. The van der Waals surface area contributed by atoms with E-state index in [1.54, 1.807) is 0 Å². The predicted molar refractivity (Wildman–Crippen MR) is 117 cm³/mol. The lowest BCUT2D eigenvalue weighted by molar-refractivity contribution is -0.171. The average molecular weight is 423 g/mol. The van der Waals surface area contributed by atoms with E-state index in [-0.39, 0.29) is 24.7 Å². The molecule has 3 atom stereocenters. The molecule has 2 aromatic carbocycles. The van der Waals surface area contributed by atoms with E-state index < -0.39 is 11.4 Å². The van der Waals surface area contributed by atoms with Crippen molar-refractivity contribution in [2.45, 2.75) is 38.0 Å². The topological polar surface area (TPSA) is 67.9 Å². The molecule has 0 aliphatic carbocycles. The van der Waals surface area contributed by atoms with Crippen molar-refractivity contribution in [2.75, 3.05) is 26.8 Å². The van der Waals surface area contributed by atoms with Crippen LogP contribution in [0, 0.1) is 5.41 Å². The number of hydrogen-bond donors (Lipinski definition) is 1. The largest absolute Gasteiger partial charge is 0.467 e. The van der Waals surface area contributed by atoms with Crippen molar-refractivity contribution in [2.24, 2.45) is 5.41 Å². The number of carbonyl (C=O) groups is 2. The Morgan fingerprint density at radius 1 is 1.13 bits per heavy atom. The van der Waals surface area contributed by atoms with Gasteiger partial charge in [-0.25, -0.2) is 4.79 Å². The molecule has 2 aliphatic heterocycles. The molecule has 0 aromatic heterocycles. The van der Waals surface area contributed by atoms with Crippen molar-refractivity contribution < 1.29 is 19.1 Å². The van der Waals surface area contributed by atoms with Crippen molar-refractivity contribution in [3.63, 3.8) is 0 Å². The molecule has 4 rings (SSSR count). The molecule has 1 amide bonds. The molecule has 2 saturated heterocycles. The molecular formula is C25H30N2O4. The van der Waals surface area contributed by atoms with E-state index in [2.05, 4.69) is 5.32 Å². The van der Waals surface area contributed by atoms with Crippen LogP contribution in [0.3, 0.4) is 0 Å². The minimum Gasteiger partial charge on any atom is -0.467 e. The SMILES string of the molecule is COC(=O)CO[C@@H]1C[C@@]2(CCCNC2)C(=O)N(Cc2ccccc2)[C@H]1c1ccccc1. The Morgan fingerprint density at radius 3 is 2.48 bits per heavy atom. The van der Waals surface area contributed by atoms with Crippen LogP contribution in [0.25, 0.3) is 0 Å². The third kappa shape index (κ3) is 4.65. The minimum atomic E-state index is -0.515. The van der Waals surface area contributed by atoms with Gasteiger partial charge in [0.25, 0.3) is 0 Å². The molecule has 2 aromatic rings. The molecule has 31 heavy (non-hydrogen) atoms. The smallest absolute Gasteiger partial charge is 0.331 e. The number of carbonyl (C=O) groups excluding carboxylic acids is 2. The van der Waals surface area contributed by atoms with E-state index >= 15 is 0 Å². The Hall–Kier alpha value is -2.70. The van der Waals surface area contributed by atoms with E-state index in [4.69, 9.17) is 9.47 Å². The first-order valence-corrected chi connectivity index (χ1v) is 10.9. The first kappa shape index (κ1) is 21.5. The number of hydrogen-bond acceptors (Lipinski definition) is 5. The fraction of sp³-hybridized carbons (Fsp3) is 0.440. The lowest BCUT2D eigenvalue weighted by Gasteiger charge is -2.51. The van der Waals surface area contributed by atoms with E-state index in [9.17, 15) is 9.59 Å². The van der Waals surface area contributed by atoms with Gasteiger partial charge in [-0.1, -0.05) is 60.7 Å². The zero-order valence-electron chi connectivity index (χ0n) is 18.0. The highest BCUT2D eigenvalue weighted by Crippen LogP contribution is 2.46. The van der Waals surface area contributed by atoms with E-state index in [1.807, 2.05) is 65.6 Å². The molecule has 6 nitrogen and oxygen atoms in total. The van der Waals surface area contributed by atoms with Gasteiger partial charge in [0.1, 0.15) is 6.61 Å². The highest BCUT2D eigenvalue weighted by atomic mass is 16.6. The lowest BCUT2D eigenvalue weighted by atomic mass is 9.69. The Morgan fingerprint density at radius 2 is 1.84 bits per heavy atom. The summed E-state index contributed by atoms with van der Waals surface area (Å²) in [6.45, 7) is 1.93. The van der Waals surface area contributed by atoms with Crippen molar-refractivity contribution in [3.8, 4) is 0 Å². The van der Waals surface area contributed by atoms with Crippen molar-refractivity contribution in [3.05, 3.63) is 71.8 Å². The molecular weight excluding hydrogens is 392 g/mol. The van der Waals surface area contributed by atoms with Crippen LogP contribution in [-0.2, 0) is 25.6 Å². The summed E-state index contributed by atoms with van der Waals surface area (Å²) in [4.78, 5) is 27.8. The molecule has 0 bridgehead atoms. The van der Waals surface area contributed by atoms with Crippen LogP contribution in [0.15, 0.2) is 60.7 Å². The van der Waals surface area contributed by atoms with Gasteiger partial charge in [-0.3, -0.25) is 4.79 Å². The fourth-order valence-electron chi connectivity index (χ4n) is 4.92. The summed E-state index contributed by atoms with van der Waals surface area (Å²) < 4.78 is 11.0. The van der Waals surface area contributed by atoms with Gasteiger partial charge in [-0.2, -0.15) is 0 Å². The summed E-state index contributed by atoms with van der Waals surface area (Å²) in [5.41, 5.74) is 1.57. The normalized spacial score (nSPS) is 26.1. The van der Waals surface area contributed by atoms with Crippen molar-refractivity contribution in [1.29, 1.82) is 0 Å². The van der Waals surface area contributed by atoms with Gasteiger partial charge in [0.05, 0.1) is 24.7 Å². The number of piperidine rings is 2. The summed E-state index contributed by atoms with van der Waals surface area (Å²) >= 11 is 0. The number of nitrogens with zero attached hydrogens (tertiary/aromatic N) is 1. The van der Waals surface area contributed by atoms with Gasteiger partial charge in [0.2, 0.25) is 5.91 Å². The first-order valence-electron chi connectivity index (χ1n) is 10.9. The van der Waals surface area contributed by atoms with Crippen LogP contribution in [0.5, 0.6) is 0 Å². The van der Waals surface area contributed by atoms with Crippen molar-refractivity contribution >= 4 is 11.9 Å². The second-order valence-electron chi connectivity index (χ2n) is 8.46. The molecule has 0 saturated carbocycles. The number of amides is 1. The maximum Gasteiger partial charge on any atom is 0.331 e. The molecule has 2 fully saturated rings.